The van der Waals surface area contributed by atoms with Crippen LogP contribution in [0.25, 0.3) is 0 Å². The molecule has 7 heteroatoms. The number of rotatable bonds is 5. The lowest BCUT2D eigenvalue weighted by Crippen LogP contribution is -2.15. The molecule has 1 aromatic heterocycles. The molecule has 118 valence electrons. The number of hydrogen-bond donors (Lipinski definition) is 1. The first-order valence-electron chi connectivity index (χ1n) is 6.73. The van der Waals surface area contributed by atoms with Crippen molar-refractivity contribution in [3.05, 3.63) is 52.8 Å². The fraction of sp³-hybridized carbons (Fsp3) is 0.267. The average molecular weight is 341 g/mol. The quantitative estimate of drug-likeness (QED) is 0.910. The Balaban J connectivity index is 2.08. The van der Waals surface area contributed by atoms with Gasteiger partial charge in [0.05, 0.1) is 10.8 Å². The van der Waals surface area contributed by atoms with E-state index in [2.05, 4.69) is 5.32 Å². The number of nitrogens with zero attached hydrogens (tertiary/aromatic N) is 1. The van der Waals surface area contributed by atoms with Crippen LogP contribution in [0.1, 0.15) is 23.0 Å². The van der Waals surface area contributed by atoms with Gasteiger partial charge in [0.25, 0.3) is 5.91 Å². The van der Waals surface area contributed by atoms with Crippen molar-refractivity contribution >= 4 is 33.0 Å². The first kappa shape index (κ1) is 16.6. The summed E-state index contributed by atoms with van der Waals surface area (Å²) in [4.78, 5) is 12.1. The SMILES string of the molecule is CCS(=O)(=O)Cc1ccc(NC(=O)c2cc(Cl)cn2C)cc1. The molecule has 0 saturated heterocycles. The normalized spacial score (nSPS) is 11.4. The van der Waals surface area contributed by atoms with Gasteiger partial charge in [0, 0.05) is 24.7 Å². The summed E-state index contributed by atoms with van der Waals surface area (Å²) < 4.78 is 24.8. The van der Waals surface area contributed by atoms with Crippen molar-refractivity contribution in [1.82, 2.24) is 4.57 Å². The maximum Gasteiger partial charge on any atom is 0.272 e. The van der Waals surface area contributed by atoms with E-state index in [4.69, 9.17) is 11.6 Å². The third-order valence-electron chi connectivity index (χ3n) is 3.24. The predicted octanol–water partition coefficient (Wildman–Crippen LogP) is 2.87. The number of anilines is 1. The molecule has 2 rings (SSSR count). The topological polar surface area (TPSA) is 68.2 Å². The molecule has 0 bridgehead atoms. The number of hydrogen-bond acceptors (Lipinski definition) is 3. The highest BCUT2D eigenvalue weighted by molar-refractivity contribution is 7.90. The highest BCUT2D eigenvalue weighted by atomic mass is 35.5. The molecule has 0 fully saturated rings. The number of aryl methyl sites for hydroxylation is 1. The van der Waals surface area contributed by atoms with Crippen LogP contribution in [-0.4, -0.2) is 24.6 Å². The number of carbonyl (C=O) groups is 1. The number of sulfone groups is 1. The number of carbonyl (C=O) groups excluding carboxylic acids is 1. The van der Waals surface area contributed by atoms with Crippen molar-refractivity contribution < 1.29 is 13.2 Å². The Morgan fingerprint density at radius 2 is 1.91 bits per heavy atom. The summed E-state index contributed by atoms with van der Waals surface area (Å²) in [6.45, 7) is 1.62. The molecule has 0 spiro atoms. The van der Waals surface area contributed by atoms with Crippen LogP contribution in [0, 0.1) is 0 Å². The van der Waals surface area contributed by atoms with Crippen molar-refractivity contribution in [2.45, 2.75) is 12.7 Å². The maximum absolute atomic E-state index is 12.1. The van der Waals surface area contributed by atoms with Crippen molar-refractivity contribution in [3.8, 4) is 0 Å². The largest absolute Gasteiger partial charge is 0.345 e. The highest BCUT2D eigenvalue weighted by Gasteiger charge is 2.12. The molecule has 0 radical (unpaired) electrons. The number of amides is 1. The van der Waals surface area contributed by atoms with E-state index >= 15 is 0 Å². The molecule has 5 nitrogen and oxygen atoms in total. The molecular formula is C15H17ClN2O3S. The van der Waals surface area contributed by atoms with Gasteiger partial charge in [-0.1, -0.05) is 30.7 Å². The Bertz CT molecular complexity index is 780. The summed E-state index contributed by atoms with van der Waals surface area (Å²) in [7, 11) is -1.32. The molecule has 1 aromatic carbocycles. The number of benzene rings is 1. The van der Waals surface area contributed by atoms with Crippen LogP contribution >= 0.6 is 11.6 Å². The second kappa shape index (κ2) is 6.54. The van der Waals surface area contributed by atoms with Gasteiger partial charge < -0.3 is 9.88 Å². The summed E-state index contributed by atoms with van der Waals surface area (Å²) >= 11 is 5.85. The van der Waals surface area contributed by atoms with Crippen LogP contribution in [0.15, 0.2) is 36.5 Å². The monoisotopic (exact) mass is 340 g/mol. The lowest BCUT2D eigenvalue weighted by atomic mass is 10.2. The maximum atomic E-state index is 12.1. The van der Waals surface area contributed by atoms with E-state index in [1.165, 1.54) is 0 Å². The Hall–Kier alpha value is -1.79. The number of halogens is 1. The number of nitrogens with one attached hydrogen (secondary N) is 1. The summed E-state index contributed by atoms with van der Waals surface area (Å²) in [6, 6.07) is 8.34. The zero-order valence-corrected chi connectivity index (χ0v) is 13.9. The van der Waals surface area contributed by atoms with Crippen molar-refractivity contribution in [2.75, 3.05) is 11.1 Å². The van der Waals surface area contributed by atoms with E-state index in [1.54, 1.807) is 55.1 Å². The van der Waals surface area contributed by atoms with E-state index in [9.17, 15) is 13.2 Å². The number of aromatic nitrogens is 1. The first-order valence-corrected chi connectivity index (χ1v) is 8.93. The molecule has 0 aliphatic heterocycles. The molecule has 22 heavy (non-hydrogen) atoms. The van der Waals surface area contributed by atoms with Gasteiger partial charge in [-0.25, -0.2) is 8.42 Å². The van der Waals surface area contributed by atoms with E-state index < -0.39 is 9.84 Å². The van der Waals surface area contributed by atoms with Gasteiger partial charge >= 0.3 is 0 Å². The molecule has 2 aromatic rings. The van der Waals surface area contributed by atoms with Crippen LogP contribution in [0.2, 0.25) is 5.02 Å². The first-order chi connectivity index (χ1) is 10.3. The van der Waals surface area contributed by atoms with Gasteiger partial charge in [-0.2, -0.15) is 0 Å². The summed E-state index contributed by atoms with van der Waals surface area (Å²) in [6.07, 6.45) is 1.65. The van der Waals surface area contributed by atoms with Crippen molar-refractivity contribution in [1.29, 1.82) is 0 Å². The van der Waals surface area contributed by atoms with Crippen LogP contribution < -0.4 is 5.32 Å². The minimum atomic E-state index is -3.06. The van der Waals surface area contributed by atoms with Gasteiger partial charge in [0.2, 0.25) is 0 Å². The predicted molar refractivity (Wildman–Crippen MR) is 88.0 cm³/mol. The summed E-state index contributed by atoms with van der Waals surface area (Å²) in [5.41, 5.74) is 1.74. The lowest BCUT2D eigenvalue weighted by molar-refractivity contribution is 0.101. The van der Waals surface area contributed by atoms with Crippen molar-refractivity contribution in [2.24, 2.45) is 7.05 Å². The Kier molecular flexibility index (Phi) is 4.93. The van der Waals surface area contributed by atoms with Gasteiger partial charge in [-0.3, -0.25) is 4.79 Å². The third kappa shape index (κ3) is 4.11. The second-order valence-corrected chi connectivity index (χ2v) is 7.77. The van der Waals surface area contributed by atoms with Gasteiger partial charge in [-0.15, -0.1) is 0 Å². The zero-order chi connectivity index (χ0) is 16.3. The molecule has 0 unspecified atom stereocenters. The summed E-state index contributed by atoms with van der Waals surface area (Å²) in [5.74, 6) is -0.159. The Labute approximate surface area is 134 Å². The van der Waals surface area contributed by atoms with E-state index in [0.717, 1.165) is 0 Å². The summed E-state index contributed by atoms with van der Waals surface area (Å²) in [5, 5.41) is 3.24. The minimum absolute atomic E-state index is 0.00510. The second-order valence-electron chi connectivity index (χ2n) is 4.98. The average Bonchev–Trinajstić information content (AvgIpc) is 2.80. The fourth-order valence-corrected chi connectivity index (χ4v) is 3.14. The van der Waals surface area contributed by atoms with E-state index in [1.807, 2.05) is 0 Å². The van der Waals surface area contributed by atoms with Crippen molar-refractivity contribution in [3.63, 3.8) is 0 Å². The molecule has 0 saturated carbocycles. The highest BCUT2D eigenvalue weighted by Crippen LogP contribution is 2.16. The van der Waals surface area contributed by atoms with E-state index in [-0.39, 0.29) is 17.4 Å². The standard InChI is InChI=1S/C15H17ClN2O3S/c1-3-22(20,21)10-11-4-6-13(7-5-11)17-15(19)14-8-12(16)9-18(14)2/h4-9H,3,10H2,1-2H3,(H,17,19). The molecule has 1 N–H and O–H groups in total. The zero-order valence-electron chi connectivity index (χ0n) is 12.3. The van der Waals surface area contributed by atoms with Crippen LogP contribution in [-0.2, 0) is 22.6 Å². The van der Waals surface area contributed by atoms with Gasteiger partial charge in [-0.05, 0) is 23.8 Å². The van der Waals surface area contributed by atoms with Gasteiger partial charge in [0.15, 0.2) is 9.84 Å². The molecular weight excluding hydrogens is 324 g/mol. The Morgan fingerprint density at radius 3 is 2.41 bits per heavy atom. The molecule has 1 heterocycles. The van der Waals surface area contributed by atoms with Crippen LogP contribution in [0.5, 0.6) is 0 Å². The molecule has 0 aliphatic rings. The Morgan fingerprint density at radius 1 is 1.27 bits per heavy atom. The lowest BCUT2D eigenvalue weighted by Gasteiger charge is -2.07. The van der Waals surface area contributed by atoms with Crippen LogP contribution in [0.4, 0.5) is 5.69 Å². The van der Waals surface area contributed by atoms with Crippen LogP contribution in [0.3, 0.4) is 0 Å². The van der Waals surface area contributed by atoms with Gasteiger partial charge in [0.1, 0.15) is 5.69 Å². The minimum Gasteiger partial charge on any atom is -0.345 e. The smallest absolute Gasteiger partial charge is 0.272 e. The molecule has 1 amide bonds. The molecule has 0 atom stereocenters. The molecule has 0 aliphatic carbocycles. The third-order valence-corrected chi connectivity index (χ3v) is 5.10. The fourth-order valence-electron chi connectivity index (χ4n) is 1.99. The van der Waals surface area contributed by atoms with E-state index in [0.29, 0.717) is 22.0 Å².